The van der Waals surface area contributed by atoms with Crippen LogP contribution >= 0.6 is 27.3 Å². The van der Waals surface area contributed by atoms with Gasteiger partial charge >= 0.3 is 5.97 Å². The van der Waals surface area contributed by atoms with E-state index in [0.717, 1.165) is 15.1 Å². The quantitative estimate of drug-likeness (QED) is 0.833. The first-order chi connectivity index (χ1) is 9.88. The summed E-state index contributed by atoms with van der Waals surface area (Å²) in [5.41, 5.74) is -0.154. The number of nitrogens with zero attached hydrogens (tertiary/aromatic N) is 4. The van der Waals surface area contributed by atoms with E-state index in [2.05, 4.69) is 26.2 Å². The Kier molecular flexibility index (Phi) is 3.59. The van der Waals surface area contributed by atoms with Crippen molar-refractivity contribution < 1.29 is 18.3 Å². The van der Waals surface area contributed by atoms with E-state index in [4.69, 9.17) is 5.11 Å². The molecule has 8 nitrogen and oxygen atoms in total. The zero-order chi connectivity index (χ0) is 15.2. The van der Waals surface area contributed by atoms with Gasteiger partial charge in [-0.3, -0.25) is 0 Å². The molecular formula is C10H9BrN4O4S2. The first kappa shape index (κ1) is 14.6. The summed E-state index contributed by atoms with van der Waals surface area (Å²) in [7, 11) is -3.49. The number of carboxylic acids is 1. The number of thiophene rings is 1. The summed E-state index contributed by atoms with van der Waals surface area (Å²) in [4.78, 5) is 10.7. The maximum Gasteiger partial charge on any atom is 0.358 e. The molecule has 0 atom stereocenters. The van der Waals surface area contributed by atoms with Gasteiger partial charge < -0.3 is 5.11 Å². The highest BCUT2D eigenvalue weighted by molar-refractivity contribution is 9.11. The molecule has 112 valence electrons. The van der Waals surface area contributed by atoms with Gasteiger partial charge in [0.1, 0.15) is 4.21 Å². The molecule has 0 aliphatic carbocycles. The highest BCUT2D eigenvalue weighted by Gasteiger charge is 2.39. The Labute approximate surface area is 132 Å². The number of aromatic nitrogens is 3. The lowest BCUT2D eigenvalue weighted by Crippen LogP contribution is -2.50. The normalized spacial score (nSPS) is 16.8. The second kappa shape index (κ2) is 5.16. The summed E-state index contributed by atoms with van der Waals surface area (Å²) < 4.78 is 28.3. The Hall–Kier alpha value is -1.30. The van der Waals surface area contributed by atoms with Gasteiger partial charge in [-0.15, -0.1) is 16.4 Å². The van der Waals surface area contributed by atoms with Crippen LogP contribution in [0.3, 0.4) is 0 Å². The van der Waals surface area contributed by atoms with E-state index in [1.165, 1.54) is 15.2 Å². The van der Waals surface area contributed by atoms with Gasteiger partial charge in [0.05, 0.1) is 16.0 Å². The van der Waals surface area contributed by atoms with Crippen LogP contribution < -0.4 is 0 Å². The van der Waals surface area contributed by atoms with Crippen molar-refractivity contribution in [3.63, 3.8) is 0 Å². The molecule has 0 radical (unpaired) electrons. The van der Waals surface area contributed by atoms with E-state index in [1.54, 1.807) is 12.1 Å². The molecule has 1 aliphatic heterocycles. The third-order valence-electron chi connectivity index (χ3n) is 3.07. The largest absolute Gasteiger partial charge is 0.476 e. The molecule has 1 fully saturated rings. The number of carbonyl (C=O) groups is 1. The maximum atomic E-state index is 12.3. The lowest BCUT2D eigenvalue weighted by atomic mass is 10.2. The lowest BCUT2D eigenvalue weighted by Gasteiger charge is -2.37. The lowest BCUT2D eigenvalue weighted by molar-refractivity contribution is 0.0690. The molecule has 0 spiro atoms. The Balaban J connectivity index is 1.71. The predicted molar refractivity (Wildman–Crippen MR) is 76.8 cm³/mol. The van der Waals surface area contributed by atoms with Gasteiger partial charge in [-0.2, -0.15) is 4.31 Å². The smallest absolute Gasteiger partial charge is 0.358 e. The molecule has 1 aliphatic rings. The first-order valence-corrected chi connectivity index (χ1v) is 8.83. The molecule has 0 amide bonds. The molecule has 0 saturated carbocycles. The van der Waals surface area contributed by atoms with Gasteiger partial charge in [-0.05, 0) is 28.1 Å². The molecular weight excluding hydrogens is 384 g/mol. The molecule has 0 bridgehead atoms. The van der Waals surface area contributed by atoms with E-state index in [0.29, 0.717) is 0 Å². The van der Waals surface area contributed by atoms with Crippen molar-refractivity contribution in [1.82, 2.24) is 19.3 Å². The Bertz CT molecular complexity index is 794. The number of sulfonamides is 1. The van der Waals surface area contributed by atoms with E-state index >= 15 is 0 Å². The zero-order valence-electron chi connectivity index (χ0n) is 10.4. The number of rotatable bonds is 4. The van der Waals surface area contributed by atoms with Gasteiger partial charge in [0.15, 0.2) is 5.69 Å². The van der Waals surface area contributed by atoms with Crippen molar-refractivity contribution >= 4 is 43.3 Å². The van der Waals surface area contributed by atoms with Crippen LogP contribution in [-0.2, 0) is 10.0 Å². The van der Waals surface area contributed by atoms with Crippen molar-refractivity contribution in [3.8, 4) is 0 Å². The Morgan fingerprint density at radius 2 is 2.14 bits per heavy atom. The predicted octanol–water partition coefficient (Wildman–Crippen LogP) is 1.05. The van der Waals surface area contributed by atoms with E-state index in [-0.39, 0.29) is 29.0 Å². The molecule has 2 aromatic rings. The number of carboxylic acid groups (broad SMARTS) is 1. The van der Waals surface area contributed by atoms with Gasteiger partial charge in [-0.25, -0.2) is 17.9 Å². The van der Waals surface area contributed by atoms with Crippen molar-refractivity contribution in [2.75, 3.05) is 13.1 Å². The highest BCUT2D eigenvalue weighted by Crippen LogP contribution is 2.33. The highest BCUT2D eigenvalue weighted by atomic mass is 79.9. The molecule has 1 saturated heterocycles. The second-order valence-electron chi connectivity index (χ2n) is 4.42. The number of aromatic carboxylic acids is 1. The second-order valence-corrected chi connectivity index (χ2v) is 9.05. The SMILES string of the molecule is O=C(O)c1cn(C2CN(S(=O)(=O)c3ccc(Br)s3)C2)nn1. The standard InChI is InChI=1S/C10H9BrN4O4S2/c11-8-1-2-9(20-8)21(18,19)14-3-6(4-14)15-5-7(10(16)17)12-13-15/h1-2,5-6H,3-4H2,(H,16,17). The van der Waals surface area contributed by atoms with Crippen molar-refractivity contribution in [2.45, 2.75) is 10.3 Å². The van der Waals surface area contributed by atoms with Crippen LogP contribution in [0.2, 0.25) is 0 Å². The summed E-state index contributed by atoms with van der Waals surface area (Å²) in [5.74, 6) is -1.16. The first-order valence-electron chi connectivity index (χ1n) is 5.78. The third kappa shape index (κ3) is 2.61. The Morgan fingerprint density at radius 1 is 1.43 bits per heavy atom. The van der Waals surface area contributed by atoms with Gasteiger partial charge in [0, 0.05) is 13.1 Å². The van der Waals surface area contributed by atoms with Crippen LogP contribution in [0.25, 0.3) is 0 Å². The van der Waals surface area contributed by atoms with Crippen LogP contribution in [0.4, 0.5) is 0 Å². The van der Waals surface area contributed by atoms with Gasteiger partial charge in [-0.1, -0.05) is 5.21 Å². The fourth-order valence-corrected chi connectivity index (χ4v) is 5.58. The molecule has 3 rings (SSSR count). The summed E-state index contributed by atoms with van der Waals surface area (Å²) >= 11 is 4.39. The minimum Gasteiger partial charge on any atom is -0.476 e. The monoisotopic (exact) mass is 392 g/mol. The maximum absolute atomic E-state index is 12.3. The Morgan fingerprint density at radius 3 is 2.67 bits per heavy atom. The topological polar surface area (TPSA) is 105 Å². The number of hydrogen-bond acceptors (Lipinski definition) is 6. The molecule has 2 aromatic heterocycles. The minimum atomic E-state index is -3.49. The average molecular weight is 393 g/mol. The summed E-state index contributed by atoms with van der Waals surface area (Å²) in [6.45, 7) is 0.501. The van der Waals surface area contributed by atoms with Crippen LogP contribution in [0.15, 0.2) is 26.3 Å². The van der Waals surface area contributed by atoms with Crippen molar-refractivity contribution in [3.05, 3.63) is 27.8 Å². The van der Waals surface area contributed by atoms with Crippen LogP contribution in [0.1, 0.15) is 16.5 Å². The fraction of sp³-hybridized carbons (Fsp3) is 0.300. The number of halogens is 1. The molecule has 11 heteroatoms. The van der Waals surface area contributed by atoms with E-state index in [9.17, 15) is 13.2 Å². The van der Waals surface area contributed by atoms with Gasteiger partial charge in [0.25, 0.3) is 10.0 Å². The van der Waals surface area contributed by atoms with Crippen LogP contribution in [0, 0.1) is 0 Å². The minimum absolute atomic E-state index is 0.154. The van der Waals surface area contributed by atoms with Crippen LogP contribution in [0.5, 0.6) is 0 Å². The third-order valence-corrected chi connectivity index (χ3v) is 7.00. The van der Waals surface area contributed by atoms with E-state index < -0.39 is 16.0 Å². The summed E-state index contributed by atoms with van der Waals surface area (Å²) in [5, 5.41) is 16.0. The molecule has 0 unspecified atom stereocenters. The van der Waals surface area contributed by atoms with E-state index in [1.807, 2.05) is 0 Å². The van der Waals surface area contributed by atoms with Crippen molar-refractivity contribution in [2.24, 2.45) is 0 Å². The molecule has 3 heterocycles. The summed E-state index contributed by atoms with van der Waals surface area (Å²) in [6, 6.07) is 3.05. The van der Waals surface area contributed by atoms with Crippen LogP contribution in [-0.4, -0.2) is 51.9 Å². The van der Waals surface area contributed by atoms with Gasteiger partial charge in [0.2, 0.25) is 0 Å². The summed E-state index contributed by atoms with van der Waals surface area (Å²) in [6.07, 6.45) is 1.30. The number of hydrogen-bond donors (Lipinski definition) is 1. The molecule has 0 aromatic carbocycles. The van der Waals surface area contributed by atoms with Crippen molar-refractivity contribution in [1.29, 1.82) is 0 Å². The molecule has 21 heavy (non-hydrogen) atoms. The molecule has 1 N–H and O–H groups in total. The average Bonchev–Trinajstić information content (AvgIpc) is 2.96. The zero-order valence-corrected chi connectivity index (χ0v) is 13.6. The fourth-order valence-electron chi connectivity index (χ4n) is 1.90.